The third kappa shape index (κ3) is 5.42. The molecule has 0 bridgehead atoms. The standard InChI is InChI=1S/C19H23ClN4O3S/c1-2-28(26,27)14-16-5-3-15(4-6-16)13-19(25)24-11-9-23(10-12-24)18-8-7-17(20)21-22-18/h3-8H,2,9-14H2,1H3. The van der Waals surface area contributed by atoms with Gasteiger partial charge in [-0.05, 0) is 23.3 Å². The van der Waals surface area contributed by atoms with Gasteiger partial charge in [0.1, 0.15) is 0 Å². The van der Waals surface area contributed by atoms with Crippen LogP contribution in [0.25, 0.3) is 0 Å². The van der Waals surface area contributed by atoms with Gasteiger partial charge in [0.05, 0.1) is 12.2 Å². The molecule has 0 saturated carbocycles. The van der Waals surface area contributed by atoms with Crippen LogP contribution in [-0.2, 0) is 26.8 Å². The molecule has 2 heterocycles. The van der Waals surface area contributed by atoms with E-state index in [2.05, 4.69) is 15.1 Å². The summed E-state index contributed by atoms with van der Waals surface area (Å²) in [5, 5.41) is 8.29. The van der Waals surface area contributed by atoms with Crippen molar-refractivity contribution >= 4 is 33.2 Å². The first-order chi connectivity index (χ1) is 13.4. The largest absolute Gasteiger partial charge is 0.352 e. The summed E-state index contributed by atoms with van der Waals surface area (Å²) < 4.78 is 23.4. The van der Waals surface area contributed by atoms with Gasteiger partial charge in [-0.25, -0.2) is 8.42 Å². The Hall–Kier alpha value is -2.19. The van der Waals surface area contributed by atoms with Crippen molar-refractivity contribution in [2.45, 2.75) is 19.1 Å². The molecule has 3 rings (SSSR count). The van der Waals surface area contributed by atoms with Gasteiger partial charge in [-0.15, -0.1) is 10.2 Å². The van der Waals surface area contributed by atoms with Crippen LogP contribution in [0.2, 0.25) is 5.15 Å². The lowest BCUT2D eigenvalue weighted by Gasteiger charge is -2.35. The van der Waals surface area contributed by atoms with Crippen molar-refractivity contribution < 1.29 is 13.2 Å². The molecule has 1 fully saturated rings. The number of piperazine rings is 1. The SMILES string of the molecule is CCS(=O)(=O)Cc1ccc(CC(=O)N2CCN(c3ccc(Cl)nn3)CC2)cc1. The van der Waals surface area contributed by atoms with Gasteiger partial charge in [-0.3, -0.25) is 4.79 Å². The van der Waals surface area contributed by atoms with Crippen LogP contribution in [0, 0.1) is 0 Å². The number of benzene rings is 1. The number of rotatable bonds is 6. The molecule has 1 aromatic carbocycles. The molecule has 1 aliphatic heterocycles. The van der Waals surface area contributed by atoms with Crippen molar-refractivity contribution in [3.63, 3.8) is 0 Å². The van der Waals surface area contributed by atoms with Crippen molar-refractivity contribution in [2.75, 3.05) is 36.8 Å². The van der Waals surface area contributed by atoms with E-state index < -0.39 is 9.84 Å². The first kappa shape index (κ1) is 20.5. The smallest absolute Gasteiger partial charge is 0.227 e. The minimum Gasteiger partial charge on any atom is -0.352 e. The molecule has 0 radical (unpaired) electrons. The van der Waals surface area contributed by atoms with Crippen LogP contribution >= 0.6 is 11.6 Å². The quantitative estimate of drug-likeness (QED) is 0.707. The fourth-order valence-electron chi connectivity index (χ4n) is 3.06. The summed E-state index contributed by atoms with van der Waals surface area (Å²) in [5.74, 6) is 0.985. The molecular weight excluding hydrogens is 400 g/mol. The number of halogens is 1. The maximum Gasteiger partial charge on any atom is 0.227 e. The van der Waals surface area contributed by atoms with E-state index in [1.165, 1.54) is 0 Å². The van der Waals surface area contributed by atoms with Crippen molar-refractivity contribution in [3.8, 4) is 0 Å². The van der Waals surface area contributed by atoms with Gasteiger partial charge >= 0.3 is 0 Å². The highest BCUT2D eigenvalue weighted by Gasteiger charge is 2.22. The number of nitrogens with zero attached hydrogens (tertiary/aromatic N) is 4. The van der Waals surface area contributed by atoms with Crippen molar-refractivity contribution in [3.05, 3.63) is 52.7 Å². The van der Waals surface area contributed by atoms with Crippen LogP contribution in [-0.4, -0.2) is 61.4 Å². The van der Waals surface area contributed by atoms with Crippen molar-refractivity contribution in [1.29, 1.82) is 0 Å². The fourth-order valence-corrected chi connectivity index (χ4v) is 4.06. The molecule has 0 aliphatic carbocycles. The lowest BCUT2D eigenvalue weighted by Crippen LogP contribution is -2.49. The van der Waals surface area contributed by atoms with E-state index in [1.54, 1.807) is 25.1 Å². The minimum atomic E-state index is -3.05. The van der Waals surface area contributed by atoms with Crippen LogP contribution in [0.1, 0.15) is 18.1 Å². The molecule has 150 valence electrons. The molecular formula is C19H23ClN4O3S. The maximum absolute atomic E-state index is 12.6. The average Bonchev–Trinajstić information content (AvgIpc) is 2.70. The molecule has 0 spiro atoms. The number of hydrogen-bond donors (Lipinski definition) is 0. The molecule has 1 aromatic heterocycles. The molecule has 2 aromatic rings. The molecule has 1 saturated heterocycles. The maximum atomic E-state index is 12.6. The number of carbonyl (C=O) groups excluding carboxylic acids is 1. The Morgan fingerprint density at radius 2 is 1.64 bits per heavy atom. The van der Waals surface area contributed by atoms with Gasteiger partial charge in [0.15, 0.2) is 20.8 Å². The minimum absolute atomic E-state index is 0.0350. The Labute approximate surface area is 170 Å². The highest BCUT2D eigenvalue weighted by Crippen LogP contribution is 2.15. The highest BCUT2D eigenvalue weighted by atomic mass is 35.5. The molecule has 0 N–H and O–H groups in total. The average molecular weight is 423 g/mol. The lowest BCUT2D eigenvalue weighted by molar-refractivity contribution is -0.130. The molecule has 7 nitrogen and oxygen atoms in total. The van der Waals surface area contributed by atoms with E-state index in [9.17, 15) is 13.2 Å². The van der Waals surface area contributed by atoms with Gasteiger partial charge in [-0.1, -0.05) is 42.8 Å². The van der Waals surface area contributed by atoms with Gasteiger partial charge in [0.2, 0.25) is 5.91 Å². The van der Waals surface area contributed by atoms with Crippen LogP contribution in [0.5, 0.6) is 0 Å². The number of sulfone groups is 1. The van der Waals surface area contributed by atoms with E-state index in [0.29, 0.717) is 37.8 Å². The van der Waals surface area contributed by atoms with Gasteiger partial charge in [0, 0.05) is 31.9 Å². The topological polar surface area (TPSA) is 83.5 Å². The number of amides is 1. The van der Waals surface area contributed by atoms with Crippen LogP contribution < -0.4 is 4.90 Å². The number of aromatic nitrogens is 2. The van der Waals surface area contributed by atoms with Crippen LogP contribution in [0.4, 0.5) is 5.82 Å². The second-order valence-corrected chi connectivity index (χ2v) is 9.49. The molecule has 1 aliphatic rings. The van der Waals surface area contributed by atoms with Crippen LogP contribution in [0.15, 0.2) is 36.4 Å². The highest BCUT2D eigenvalue weighted by molar-refractivity contribution is 7.90. The van der Waals surface area contributed by atoms with Crippen LogP contribution in [0.3, 0.4) is 0 Å². The lowest BCUT2D eigenvalue weighted by atomic mass is 10.1. The van der Waals surface area contributed by atoms with Crippen molar-refractivity contribution in [2.24, 2.45) is 0 Å². The molecule has 1 amide bonds. The monoisotopic (exact) mass is 422 g/mol. The molecule has 28 heavy (non-hydrogen) atoms. The predicted octanol–water partition coefficient (Wildman–Crippen LogP) is 1.96. The van der Waals surface area contributed by atoms with Crippen molar-refractivity contribution in [1.82, 2.24) is 15.1 Å². The zero-order valence-electron chi connectivity index (χ0n) is 15.7. The summed E-state index contributed by atoms with van der Waals surface area (Å²) >= 11 is 5.77. The van der Waals surface area contributed by atoms with E-state index in [0.717, 1.165) is 16.9 Å². The predicted molar refractivity (Wildman–Crippen MR) is 109 cm³/mol. The Morgan fingerprint density at radius 3 is 2.21 bits per heavy atom. The summed E-state index contributed by atoms with van der Waals surface area (Å²) in [6, 6.07) is 10.8. The molecule has 9 heteroatoms. The van der Waals surface area contributed by atoms with E-state index in [4.69, 9.17) is 11.6 Å². The Morgan fingerprint density at radius 1 is 1.00 bits per heavy atom. The Kier molecular flexibility index (Phi) is 6.51. The summed E-state index contributed by atoms with van der Waals surface area (Å²) in [5.41, 5.74) is 1.63. The van der Waals surface area contributed by atoms with Gasteiger partial charge in [-0.2, -0.15) is 0 Å². The first-order valence-corrected chi connectivity index (χ1v) is 11.4. The number of hydrogen-bond acceptors (Lipinski definition) is 6. The fraction of sp³-hybridized carbons (Fsp3) is 0.421. The second kappa shape index (κ2) is 8.87. The third-order valence-corrected chi connectivity index (χ3v) is 6.63. The summed E-state index contributed by atoms with van der Waals surface area (Å²) in [4.78, 5) is 16.5. The molecule has 0 atom stereocenters. The zero-order valence-corrected chi connectivity index (χ0v) is 17.3. The molecule has 0 unspecified atom stereocenters. The zero-order chi connectivity index (χ0) is 20.1. The second-order valence-electron chi connectivity index (χ2n) is 6.75. The summed E-state index contributed by atoms with van der Waals surface area (Å²) in [7, 11) is -3.05. The number of carbonyl (C=O) groups is 1. The van der Waals surface area contributed by atoms with E-state index >= 15 is 0 Å². The third-order valence-electron chi connectivity index (χ3n) is 4.78. The van der Waals surface area contributed by atoms with Gasteiger partial charge in [0.25, 0.3) is 0 Å². The normalized spacial score (nSPS) is 14.9. The first-order valence-electron chi connectivity index (χ1n) is 9.16. The van der Waals surface area contributed by atoms with E-state index in [1.807, 2.05) is 23.1 Å². The Bertz CT molecular complexity index is 909. The summed E-state index contributed by atoms with van der Waals surface area (Å²) in [6.07, 6.45) is 0.307. The van der Waals surface area contributed by atoms with Gasteiger partial charge < -0.3 is 9.80 Å². The Balaban J connectivity index is 1.52. The summed E-state index contributed by atoms with van der Waals surface area (Å²) in [6.45, 7) is 4.26. The van der Waals surface area contributed by atoms with E-state index in [-0.39, 0.29) is 17.4 Å². The number of anilines is 1.